The molecule has 19 heavy (non-hydrogen) atoms. The molecule has 1 aromatic rings. The summed E-state index contributed by atoms with van der Waals surface area (Å²) in [7, 11) is 0. The molecule has 3 atom stereocenters. The Morgan fingerprint density at radius 3 is 2.47 bits per heavy atom. The third-order valence-electron chi connectivity index (χ3n) is 4.05. The van der Waals surface area contributed by atoms with Crippen LogP contribution in [0, 0.1) is 0 Å². The fourth-order valence-corrected chi connectivity index (χ4v) is 3.10. The first-order valence-corrected chi connectivity index (χ1v) is 6.92. The van der Waals surface area contributed by atoms with E-state index in [0.29, 0.717) is 17.6 Å². The van der Waals surface area contributed by atoms with Crippen molar-refractivity contribution in [2.75, 3.05) is 0 Å². The minimum absolute atomic E-state index is 0.0513. The highest BCUT2D eigenvalue weighted by atomic mass is 16.6. The average Bonchev–Trinajstić information content (AvgIpc) is 2.78. The number of hydrogen-bond acceptors (Lipinski definition) is 4. The molecule has 2 N–H and O–H groups in total. The maximum absolute atomic E-state index is 12.0. The van der Waals surface area contributed by atoms with Crippen LogP contribution in [0.2, 0.25) is 0 Å². The summed E-state index contributed by atoms with van der Waals surface area (Å²) in [5.74, 6) is -0.530. The Bertz CT molecular complexity index is 436. The lowest BCUT2D eigenvalue weighted by Crippen LogP contribution is -2.42. The molecular weight excluding hydrogens is 242 g/mol. The van der Waals surface area contributed by atoms with Gasteiger partial charge in [0.1, 0.15) is 6.10 Å². The maximum Gasteiger partial charge on any atom is 0.339 e. The summed E-state index contributed by atoms with van der Waals surface area (Å²) in [5.41, 5.74) is 0.587. The molecule has 3 unspecified atom stereocenters. The lowest BCUT2D eigenvalue weighted by molar-refractivity contribution is -0.161. The number of ether oxygens (including phenoxy) is 1. The highest BCUT2D eigenvalue weighted by Gasteiger charge is 2.36. The smallest absolute Gasteiger partial charge is 0.339 e. The number of fused-ring (bicyclic) bond motifs is 2. The Kier molecular flexibility index (Phi) is 3.53. The van der Waals surface area contributed by atoms with Crippen molar-refractivity contribution in [2.24, 2.45) is 0 Å². The van der Waals surface area contributed by atoms with Crippen molar-refractivity contribution in [3.05, 3.63) is 35.9 Å². The van der Waals surface area contributed by atoms with Crippen LogP contribution in [0.15, 0.2) is 30.3 Å². The fourth-order valence-electron chi connectivity index (χ4n) is 3.10. The van der Waals surface area contributed by atoms with Gasteiger partial charge in [0.05, 0.1) is 0 Å². The number of aliphatic hydroxyl groups is 1. The molecule has 0 radical (unpaired) electrons. The highest BCUT2D eigenvalue weighted by molar-refractivity contribution is 5.76. The van der Waals surface area contributed by atoms with Crippen molar-refractivity contribution in [1.82, 2.24) is 5.32 Å². The molecule has 4 nitrogen and oxygen atoms in total. The molecule has 2 fully saturated rings. The van der Waals surface area contributed by atoms with E-state index in [-0.39, 0.29) is 6.10 Å². The number of rotatable bonds is 3. The SMILES string of the molecule is O=C(OC1CC2CCC(C1)N2)C(O)c1ccccc1. The van der Waals surface area contributed by atoms with Crippen molar-refractivity contribution < 1.29 is 14.6 Å². The van der Waals surface area contributed by atoms with Crippen LogP contribution in [0.25, 0.3) is 0 Å². The van der Waals surface area contributed by atoms with E-state index in [9.17, 15) is 9.90 Å². The molecule has 0 amide bonds. The lowest BCUT2D eigenvalue weighted by atomic mass is 10.0. The van der Waals surface area contributed by atoms with Gasteiger partial charge in [0.2, 0.25) is 0 Å². The minimum Gasteiger partial charge on any atom is -0.460 e. The van der Waals surface area contributed by atoms with Gasteiger partial charge in [-0.15, -0.1) is 0 Å². The Balaban J connectivity index is 1.59. The van der Waals surface area contributed by atoms with Crippen LogP contribution in [0.3, 0.4) is 0 Å². The van der Waals surface area contributed by atoms with E-state index in [2.05, 4.69) is 5.32 Å². The second kappa shape index (κ2) is 5.31. The Morgan fingerprint density at radius 2 is 1.84 bits per heavy atom. The van der Waals surface area contributed by atoms with Gasteiger partial charge in [-0.05, 0) is 31.2 Å². The molecule has 2 saturated heterocycles. The first kappa shape index (κ1) is 12.6. The Labute approximate surface area is 112 Å². The van der Waals surface area contributed by atoms with Crippen molar-refractivity contribution >= 4 is 5.97 Å². The van der Waals surface area contributed by atoms with Crippen LogP contribution in [0.1, 0.15) is 37.4 Å². The van der Waals surface area contributed by atoms with Crippen LogP contribution >= 0.6 is 0 Å². The molecule has 2 heterocycles. The zero-order valence-electron chi connectivity index (χ0n) is 10.8. The monoisotopic (exact) mass is 261 g/mol. The maximum atomic E-state index is 12.0. The predicted octanol–water partition coefficient (Wildman–Crippen LogP) is 1.55. The summed E-state index contributed by atoms with van der Waals surface area (Å²) in [4.78, 5) is 12.0. The first-order valence-electron chi connectivity index (χ1n) is 6.92. The predicted molar refractivity (Wildman–Crippen MR) is 70.5 cm³/mol. The largest absolute Gasteiger partial charge is 0.460 e. The van der Waals surface area contributed by atoms with E-state index >= 15 is 0 Å². The molecular formula is C15H19NO3. The van der Waals surface area contributed by atoms with E-state index in [1.165, 1.54) is 12.8 Å². The number of benzene rings is 1. The number of esters is 1. The average molecular weight is 261 g/mol. The zero-order chi connectivity index (χ0) is 13.2. The highest BCUT2D eigenvalue weighted by Crippen LogP contribution is 2.29. The molecule has 0 saturated carbocycles. The van der Waals surface area contributed by atoms with Gasteiger partial charge in [0, 0.05) is 12.1 Å². The fraction of sp³-hybridized carbons (Fsp3) is 0.533. The molecule has 2 aliphatic heterocycles. The van der Waals surface area contributed by atoms with Crippen LogP contribution in [-0.4, -0.2) is 29.3 Å². The van der Waals surface area contributed by atoms with E-state index in [1.807, 2.05) is 6.07 Å². The van der Waals surface area contributed by atoms with Crippen molar-refractivity contribution in [1.29, 1.82) is 0 Å². The van der Waals surface area contributed by atoms with Crippen LogP contribution in [-0.2, 0) is 9.53 Å². The Morgan fingerprint density at radius 1 is 1.21 bits per heavy atom. The zero-order valence-corrected chi connectivity index (χ0v) is 10.8. The molecule has 1 aromatic carbocycles. The second-order valence-corrected chi connectivity index (χ2v) is 5.48. The Hall–Kier alpha value is -1.39. The van der Waals surface area contributed by atoms with Crippen molar-refractivity contribution in [3.63, 3.8) is 0 Å². The van der Waals surface area contributed by atoms with Gasteiger partial charge >= 0.3 is 5.97 Å². The summed E-state index contributed by atoms with van der Waals surface area (Å²) >= 11 is 0. The summed E-state index contributed by atoms with van der Waals surface area (Å²) < 4.78 is 5.46. The molecule has 0 spiro atoms. The van der Waals surface area contributed by atoms with Gasteiger partial charge in [-0.2, -0.15) is 0 Å². The quantitative estimate of drug-likeness (QED) is 0.810. The molecule has 0 aromatic heterocycles. The second-order valence-electron chi connectivity index (χ2n) is 5.48. The van der Waals surface area contributed by atoms with Gasteiger partial charge in [-0.25, -0.2) is 4.79 Å². The number of piperidine rings is 1. The van der Waals surface area contributed by atoms with Gasteiger partial charge < -0.3 is 15.2 Å². The molecule has 4 heteroatoms. The van der Waals surface area contributed by atoms with Crippen molar-refractivity contribution in [2.45, 2.75) is 50.0 Å². The first-order chi connectivity index (χ1) is 9.22. The van der Waals surface area contributed by atoms with E-state index < -0.39 is 12.1 Å². The third kappa shape index (κ3) is 2.80. The molecule has 102 valence electrons. The minimum atomic E-state index is -1.17. The lowest BCUT2D eigenvalue weighted by Gasteiger charge is -2.29. The van der Waals surface area contributed by atoms with Crippen molar-refractivity contribution in [3.8, 4) is 0 Å². The number of aliphatic hydroxyl groups excluding tert-OH is 1. The summed E-state index contributed by atoms with van der Waals surface area (Å²) in [5, 5.41) is 13.5. The number of carbonyl (C=O) groups excluding carboxylic acids is 1. The topological polar surface area (TPSA) is 58.6 Å². The van der Waals surface area contributed by atoms with Gasteiger partial charge in [0.15, 0.2) is 6.10 Å². The van der Waals surface area contributed by atoms with E-state index in [4.69, 9.17) is 4.74 Å². The van der Waals surface area contributed by atoms with Crippen LogP contribution < -0.4 is 5.32 Å². The molecule has 2 aliphatic rings. The van der Waals surface area contributed by atoms with Crippen LogP contribution in [0.5, 0.6) is 0 Å². The number of hydrogen-bond donors (Lipinski definition) is 2. The third-order valence-corrected chi connectivity index (χ3v) is 4.05. The van der Waals surface area contributed by atoms with Gasteiger partial charge in [-0.1, -0.05) is 30.3 Å². The normalized spacial score (nSPS) is 30.9. The standard InChI is InChI=1S/C15H19NO3/c17-14(10-4-2-1-3-5-10)15(18)19-13-8-11-6-7-12(9-13)16-11/h1-5,11-14,16-17H,6-9H2. The summed E-state index contributed by atoms with van der Waals surface area (Å²) in [6.07, 6.45) is 2.84. The summed E-state index contributed by atoms with van der Waals surface area (Å²) in [6, 6.07) is 9.88. The summed E-state index contributed by atoms with van der Waals surface area (Å²) in [6.45, 7) is 0. The van der Waals surface area contributed by atoms with Gasteiger partial charge in [0.25, 0.3) is 0 Å². The number of nitrogens with one attached hydrogen (secondary N) is 1. The molecule has 3 rings (SSSR count). The molecule has 2 bridgehead atoms. The van der Waals surface area contributed by atoms with Gasteiger partial charge in [-0.3, -0.25) is 0 Å². The molecule has 0 aliphatic carbocycles. The van der Waals surface area contributed by atoms with Crippen LogP contribution in [0.4, 0.5) is 0 Å². The van der Waals surface area contributed by atoms with E-state index in [1.54, 1.807) is 24.3 Å². The number of carbonyl (C=O) groups is 1. The van der Waals surface area contributed by atoms with E-state index in [0.717, 1.165) is 12.8 Å².